The maximum absolute atomic E-state index is 3.57. The van der Waals surface area contributed by atoms with Crippen LogP contribution in [0.1, 0.15) is 24.6 Å². The summed E-state index contributed by atoms with van der Waals surface area (Å²) in [7, 11) is 0. The zero-order chi connectivity index (χ0) is 11.4. The van der Waals surface area contributed by atoms with Crippen LogP contribution in [0.3, 0.4) is 0 Å². The van der Waals surface area contributed by atoms with Crippen LogP contribution in [0.15, 0.2) is 15.9 Å². The number of piperidine rings is 1. The van der Waals surface area contributed by atoms with Crippen molar-refractivity contribution in [1.82, 2.24) is 10.6 Å². The van der Waals surface area contributed by atoms with Gasteiger partial charge in [0.15, 0.2) is 0 Å². The van der Waals surface area contributed by atoms with Crippen molar-refractivity contribution in [1.29, 1.82) is 0 Å². The first-order valence-corrected chi connectivity index (χ1v) is 7.58. The van der Waals surface area contributed by atoms with Crippen molar-refractivity contribution < 1.29 is 0 Å². The molecule has 0 saturated carbocycles. The molecule has 1 fully saturated rings. The minimum absolute atomic E-state index is 0.659. The number of nitrogens with one attached hydrogen (secondary N) is 2. The molecular weight excluding hydrogens is 284 g/mol. The van der Waals surface area contributed by atoms with E-state index in [1.165, 1.54) is 28.7 Å². The first-order chi connectivity index (χ1) is 7.74. The molecular formula is C12H19BrN2S. The predicted molar refractivity (Wildman–Crippen MR) is 73.9 cm³/mol. The second-order valence-corrected chi connectivity index (χ2v) is 6.55. The van der Waals surface area contributed by atoms with Crippen molar-refractivity contribution in [2.75, 3.05) is 13.1 Å². The molecule has 1 aromatic heterocycles. The molecule has 2 heterocycles. The smallest absolute Gasteiger partial charge is 0.0300 e. The summed E-state index contributed by atoms with van der Waals surface area (Å²) in [6.45, 7) is 5.60. The molecule has 4 heteroatoms. The third-order valence-electron chi connectivity index (χ3n) is 3.07. The summed E-state index contributed by atoms with van der Waals surface area (Å²) in [4.78, 5) is 1.40. The van der Waals surface area contributed by atoms with Crippen molar-refractivity contribution in [3.63, 3.8) is 0 Å². The molecule has 0 aliphatic carbocycles. The first kappa shape index (κ1) is 12.6. The Kier molecular flexibility index (Phi) is 4.82. The van der Waals surface area contributed by atoms with Crippen LogP contribution >= 0.6 is 27.3 Å². The van der Waals surface area contributed by atoms with E-state index in [9.17, 15) is 0 Å². The standard InChI is InChI=1S/C12H19BrN2S/c1-9-2-3-15-11(4-9)6-14-7-12-5-10(13)8-16-12/h5,8-9,11,14-15H,2-4,6-7H2,1H3. The van der Waals surface area contributed by atoms with E-state index in [1.807, 2.05) is 0 Å². The lowest BCUT2D eigenvalue weighted by molar-refractivity contribution is 0.311. The first-order valence-electron chi connectivity index (χ1n) is 5.91. The molecule has 0 bridgehead atoms. The monoisotopic (exact) mass is 302 g/mol. The number of halogens is 1. The van der Waals surface area contributed by atoms with E-state index in [4.69, 9.17) is 0 Å². The van der Waals surface area contributed by atoms with Crippen LogP contribution in [0, 0.1) is 5.92 Å². The number of thiophene rings is 1. The predicted octanol–water partition coefficient (Wildman–Crippen LogP) is 2.99. The van der Waals surface area contributed by atoms with Crippen LogP contribution in [0.5, 0.6) is 0 Å². The van der Waals surface area contributed by atoms with Gasteiger partial charge >= 0.3 is 0 Å². The zero-order valence-electron chi connectivity index (χ0n) is 9.63. The molecule has 0 amide bonds. The van der Waals surface area contributed by atoms with E-state index in [2.05, 4.69) is 44.9 Å². The normalized spacial score (nSPS) is 25.9. The van der Waals surface area contributed by atoms with Gasteiger partial charge in [-0.2, -0.15) is 0 Å². The molecule has 2 atom stereocenters. The van der Waals surface area contributed by atoms with Gasteiger partial charge in [-0.25, -0.2) is 0 Å². The van der Waals surface area contributed by atoms with Crippen molar-refractivity contribution in [3.05, 3.63) is 20.8 Å². The van der Waals surface area contributed by atoms with E-state index in [1.54, 1.807) is 11.3 Å². The quantitative estimate of drug-likeness (QED) is 0.893. The van der Waals surface area contributed by atoms with Crippen LogP contribution in [-0.2, 0) is 6.54 Å². The largest absolute Gasteiger partial charge is 0.313 e. The van der Waals surface area contributed by atoms with E-state index in [-0.39, 0.29) is 0 Å². The lowest BCUT2D eigenvalue weighted by Crippen LogP contribution is -2.43. The molecule has 2 nitrogen and oxygen atoms in total. The highest BCUT2D eigenvalue weighted by atomic mass is 79.9. The number of hydrogen-bond acceptors (Lipinski definition) is 3. The molecule has 2 N–H and O–H groups in total. The summed E-state index contributed by atoms with van der Waals surface area (Å²) >= 11 is 5.29. The van der Waals surface area contributed by atoms with Crippen LogP contribution < -0.4 is 10.6 Å². The second kappa shape index (κ2) is 6.15. The fraction of sp³-hybridized carbons (Fsp3) is 0.667. The molecule has 1 aliphatic rings. The van der Waals surface area contributed by atoms with Crippen molar-refractivity contribution >= 4 is 27.3 Å². The maximum atomic E-state index is 3.57. The Morgan fingerprint density at radius 3 is 3.19 bits per heavy atom. The van der Waals surface area contributed by atoms with Crippen molar-refractivity contribution in [2.24, 2.45) is 5.92 Å². The molecule has 16 heavy (non-hydrogen) atoms. The van der Waals surface area contributed by atoms with Gasteiger partial charge in [0.05, 0.1) is 0 Å². The van der Waals surface area contributed by atoms with Gasteiger partial charge in [-0.15, -0.1) is 11.3 Å². The molecule has 2 unspecified atom stereocenters. The third-order valence-corrected chi connectivity index (χ3v) is 4.77. The Labute approximate surface area is 110 Å². The second-order valence-electron chi connectivity index (χ2n) is 4.64. The average molecular weight is 303 g/mol. The Balaban J connectivity index is 1.67. The fourth-order valence-corrected chi connectivity index (χ4v) is 3.61. The Bertz CT molecular complexity index is 327. The SMILES string of the molecule is CC1CCNC(CNCc2cc(Br)cs2)C1. The highest BCUT2D eigenvalue weighted by Gasteiger charge is 2.17. The van der Waals surface area contributed by atoms with Gasteiger partial charge in [0.2, 0.25) is 0 Å². The molecule has 1 saturated heterocycles. The molecule has 0 aromatic carbocycles. The molecule has 0 radical (unpaired) electrons. The summed E-state index contributed by atoms with van der Waals surface area (Å²) < 4.78 is 1.19. The Hall–Kier alpha value is 0.1000. The molecule has 1 aliphatic heterocycles. The van der Waals surface area contributed by atoms with Crippen molar-refractivity contribution in [2.45, 2.75) is 32.4 Å². The lowest BCUT2D eigenvalue weighted by atomic mass is 9.94. The van der Waals surface area contributed by atoms with Gasteiger partial charge in [-0.1, -0.05) is 6.92 Å². The topological polar surface area (TPSA) is 24.1 Å². The van der Waals surface area contributed by atoms with Gasteiger partial charge < -0.3 is 10.6 Å². The lowest BCUT2D eigenvalue weighted by Gasteiger charge is -2.28. The van der Waals surface area contributed by atoms with Crippen LogP contribution in [0.4, 0.5) is 0 Å². The molecule has 1 aromatic rings. The number of hydrogen-bond donors (Lipinski definition) is 2. The summed E-state index contributed by atoms with van der Waals surface area (Å²) in [6, 6.07) is 2.85. The minimum atomic E-state index is 0.659. The van der Waals surface area contributed by atoms with Gasteiger partial charge in [-0.05, 0) is 47.3 Å². The summed E-state index contributed by atoms with van der Waals surface area (Å²) in [5, 5.41) is 9.24. The van der Waals surface area contributed by atoms with Crippen molar-refractivity contribution in [3.8, 4) is 0 Å². The van der Waals surface area contributed by atoms with Gasteiger partial charge in [0, 0.05) is 33.9 Å². The van der Waals surface area contributed by atoms with Crippen LogP contribution in [0.2, 0.25) is 0 Å². The average Bonchev–Trinajstić information content (AvgIpc) is 2.64. The number of rotatable bonds is 4. The highest BCUT2D eigenvalue weighted by molar-refractivity contribution is 9.10. The van der Waals surface area contributed by atoms with Gasteiger partial charge in [0.25, 0.3) is 0 Å². The zero-order valence-corrected chi connectivity index (χ0v) is 12.0. The maximum Gasteiger partial charge on any atom is 0.0300 e. The van der Waals surface area contributed by atoms with Gasteiger partial charge in [-0.3, -0.25) is 0 Å². The molecule has 0 spiro atoms. The fourth-order valence-electron chi connectivity index (χ4n) is 2.19. The third kappa shape index (κ3) is 3.84. The van der Waals surface area contributed by atoms with Crippen LogP contribution in [-0.4, -0.2) is 19.1 Å². The molecule has 90 valence electrons. The summed E-state index contributed by atoms with van der Waals surface area (Å²) in [6.07, 6.45) is 2.63. The minimum Gasteiger partial charge on any atom is -0.313 e. The Morgan fingerprint density at radius 1 is 1.62 bits per heavy atom. The highest BCUT2D eigenvalue weighted by Crippen LogP contribution is 2.19. The Morgan fingerprint density at radius 2 is 2.50 bits per heavy atom. The van der Waals surface area contributed by atoms with E-state index in [0.29, 0.717) is 6.04 Å². The van der Waals surface area contributed by atoms with Crippen LogP contribution in [0.25, 0.3) is 0 Å². The molecule has 2 rings (SSSR count). The van der Waals surface area contributed by atoms with E-state index in [0.717, 1.165) is 19.0 Å². The van der Waals surface area contributed by atoms with E-state index >= 15 is 0 Å². The van der Waals surface area contributed by atoms with Gasteiger partial charge in [0.1, 0.15) is 0 Å². The van der Waals surface area contributed by atoms with E-state index < -0.39 is 0 Å². The summed E-state index contributed by atoms with van der Waals surface area (Å²) in [5.74, 6) is 0.879. The summed E-state index contributed by atoms with van der Waals surface area (Å²) in [5.41, 5.74) is 0.